The van der Waals surface area contributed by atoms with Gasteiger partial charge in [0.25, 0.3) is 0 Å². The van der Waals surface area contributed by atoms with Crippen LogP contribution in [0.1, 0.15) is 38.5 Å². The monoisotopic (exact) mass is 396 g/mol. The first-order chi connectivity index (χ1) is 14.1. The minimum atomic E-state index is -0.270. The maximum Gasteiger partial charge on any atom is 0.227 e. The molecule has 1 N–H and O–H groups in total. The standard InChI is InChI=1S/C23H28N2O4/c26-21-10-17(12-25(21)18-1-2-19-20(11-18)29-4-3-28-19)23(27)24-22-15-6-13-5-14(8-15)9-16(22)7-13/h1-2,11,13-17,22H,3-10,12H2,(H,24,27)/t13?,14?,15?,16?,17-,22?/m0/s1. The van der Waals surface area contributed by atoms with Crippen LogP contribution < -0.4 is 19.7 Å². The average molecular weight is 396 g/mol. The first-order valence-corrected chi connectivity index (χ1v) is 11.1. The third-order valence-corrected chi connectivity index (χ3v) is 7.87. The summed E-state index contributed by atoms with van der Waals surface area (Å²) in [5.74, 6) is 4.28. The lowest BCUT2D eigenvalue weighted by molar-refractivity contribution is -0.129. The van der Waals surface area contributed by atoms with Gasteiger partial charge in [0, 0.05) is 30.8 Å². The number of benzene rings is 1. The summed E-state index contributed by atoms with van der Waals surface area (Å²) < 4.78 is 11.2. The van der Waals surface area contributed by atoms with Gasteiger partial charge in [-0.05, 0) is 67.9 Å². The Balaban J connectivity index is 1.14. The van der Waals surface area contributed by atoms with Gasteiger partial charge in [-0.3, -0.25) is 9.59 Å². The van der Waals surface area contributed by atoms with Gasteiger partial charge in [0.05, 0.1) is 5.92 Å². The quantitative estimate of drug-likeness (QED) is 0.853. The zero-order valence-electron chi connectivity index (χ0n) is 16.6. The number of nitrogens with one attached hydrogen (secondary N) is 1. The zero-order valence-corrected chi connectivity index (χ0v) is 16.6. The van der Waals surface area contributed by atoms with Crippen LogP contribution >= 0.6 is 0 Å². The molecule has 0 spiro atoms. The molecule has 0 aromatic heterocycles. The Bertz CT molecular complexity index is 825. The van der Waals surface area contributed by atoms with Gasteiger partial charge < -0.3 is 19.7 Å². The maximum atomic E-state index is 13.1. The predicted molar refractivity (Wildman–Crippen MR) is 107 cm³/mol. The predicted octanol–water partition coefficient (Wildman–Crippen LogP) is 2.75. The molecule has 4 aliphatic carbocycles. The van der Waals surface area contributed by atoms with Crippen LogP contribution in [-0.2, 0) is 9.59 Å². The second-order valence-electron chi connectivity index (χ2n) is 9.70. The fourth-order valence-corrected chi connectivity index (χ4v) is 6.78. The van der Waals surface area contributed by atoms with E-state index in [-0.39, 0.29) is 24.2 Å². The van der Waals surface area contributed by atoms with Crippen molar-refractivity contribution in [2.45, 2.75) is 44.6 Å². The number of fused-ring (bicyclic) bond motifs is 1. The maximum absolute atomic E-state index is 13.1. The number of carbonyl (C=O) groups excluding carboxylic acids is 2. The van der Waals surface area contributed by atoms with E-state index in [1.807, 2.05) is 18.2 Å². The van der Waals surface area contributed by atoms with Crippen LogP contribution in [-0.4, -0.2) is 37.6 Å². The molecule has 6 aliphatic rings. The molecular weight excluding hydrogens is 368 g/mol. The summed E-state index contributed by atoms with van der Waals surface area (Å²) >= 11 is 0. The molecular formula is C23H28N2O4. The lowest BCUT2D eigenvalue weighted by Gasteiger charge is -2.54. The van der Waals surface area contributed by atoms with Gasteiger partial charge in [0.2, 0.25) is 11.8 Å². The summed E-state index contributed by atoms with van der Waals surface area (Å²) in [6, 6.07) is 5.90. The van der Waals surface area contributed by atoms with Crippen LogP contribution in [0.4, 0.5) is 5.69 Å². The third-order valence-electron chi connectivity index (χ3n) is 7.87. The normalized spacial score (nSPS) is 37.1. The summed E-state index contributed by atoms with van der Waals surface area (Å²) in [5, 5.41) is 3.38. The molecule has 29 heavy (non-hydrogen) atoms. The minimum Gasteiger partial charge on any atom is -0.486 e. The number of hydrogen-bond donors (Lipinski definition) is 1. The Morgan fingerprint density at radius 1 is 0.966 bits per heavy atom. The molecule has 1 saturated heterocycles. The van der Waals surface area contributed by atoms with Gasteiger partial charge in [-0.15, -0.1) is 0 Å². The van der Waals surface area contributed by atoms with Gasteiger partial charge in [-0.25, -0.2) is 0 Å². The Hall–Kier alpha value is -2.24. The van der Waals surface area contributed by atoms with Crippen molar-refractivity contribution in [3.8, 4) is 11.5 Å². The molecule has 154 valence electrons. The fraction of sp³-hybridized carbons (Fsp3) is 0.652. The molecule has 6 nitrogen and oxygen atoms in total. The summed E-state index contributed by atoms with van der Waals surface area (Å²) in [4.78, 5) is 27.4. The van der Waals surface area contributed by atoms with E-state index in [0.717, 1.165) is 17.5 Å². The van der Waals surface area contributed by atoms with E-state index in [1.54, 1.807) is 4.90 Å². The van der Waals surface area contributed by atoms with Crippen LogP contribution in [0.25, 0.3) is 0 Å². The largest absolute Gasteiger partial charge is 0.486 e. The molecule has 6 heteroatoms. The lowest BCUT2D eigenvalue weighted by Crippen LogP contribution is -2.56. The van der Waals surface area contributed by atoms with E-state index in [0.29, 0.717) is 49.1 Å². The first kappa shape index (κ1) is 17.6. The van der Waals surface area contributed by atoms with Crippen molar-refractivity contribution in [2.75, 3.05) is 24.7 Å². The number of nitrogens with zero attached hydrogens (tertiary/aromatic N) is 1. The number of rotatable bonds is 3. The van der Waals surface area contributed by atoms with Crippen LogP contribution in [0.3, 0.4) is 0 Å². The SMILES string of the molecule is O=C(NC1C2CC3CC(C2)CC1C3)[C@H]1CC(=O)N(c2ccc3c(c2)OCCO3)C1. The van der Waals surface area contributed by atoms with Crippen molar-refractivity contribution in [1.82, 2.24) is 5.32 Å². The number of ether oxygens (including phenoxy) is 2. The third kappa shape index (κ3) is 2.99. The molecule has 4 saturated carbocycles. The molecule has 0 unspecified atom stereocenters. The molecule has 7 rings (SSSR count). The van der Waals surface area contributed by atoms with E-state index < -0.39 is 0 Å². The highest BCUT2D eigenvalue weighted by Gasteiger charge is 2.49. The average Bonchev–Trinajstić information content (AvgIpc) is 3.11. The Labute approximate surface area is 170 Å². The highest BCUT2D eigenvalue weighted by atomic mass is 16.6. The van der Waals surface area contributed by atoms with Crippen LogP contribution in [0.15, 0.2) is 18.2 Å². The number of anilines is 1. The van der Waals surface area contributed by atoms with Gasteiger partial charge >= 0.3 is 0 Å². The van der Waals surface area contributed by atoms with Gasteiger partial charge in [-0.1, -0.05) is 0 Å². The van der Waals surface area contributed by atoms with Crippen LogP contribution in [0.2, 0.25) is 0 Å². The molecule has 1 atom stereocenters. The highest BCUT2D eigenvalue weighted by molar-refractivity contribution is 6.00. The molecule has 1 aromatic rings. The summed E-state index contributed by atoms with van der Waals surface area (Å²) in [7, 11) is 0. The highest BCUT2D eigenvalue weighted by Crippen LogP contribution is 2.53. The van der Waals surface area contributed by atoms with E-state index in [2.05, 4.69) is 5.32 Å². The van der Waals surface area contributed by atoms with Crippen molar-refractivity contribution in [1.29, 1.82) is 0 Å². The second-order valence-corrected chi connectivity index (χ2v) is 9.70. The van der Waals surface area contributed by atoms with E-state index >= 15 is 0 Å². The Morgan fingerprint density at radius 3 is 2.38 bits per heavy atom. The van der Waals surface area contributed by atoms with Crippen molar-refractivity contribution in [3.05, 3.63) is 18.2 Å². The molecule has 5 fully saturated rings. The summed E-state index contributed by atoms with van der Waals surface area (Å²) in [6.45, 7) is 1.50. The fourth-order valence-electron chi connectivity index (χ4n) is 6.78. The number of amides is 2. The van der Waals surface area contributed by atoms with Gasteiger partial charge in [0.1, 0.15) is 13.2 Å². The van der Waals surface area contributed by atoms with Crippen molar-refractivity contribution in [2.24, 2.45) is 29.6 Å². The topological polar surface area (TPSA) is 67.9 Å². The van der Waals surface area contributed by atoms with Crippen molar-refractivity contribution < 1.29 is 19.1 Å². The summed E-state index contributed by atoms with van der Waals surface area (Å²) in [5.41, 5.74) is 0.782. The van der Waals surface area contributed by atoms with E-state index in [9.17, 15) is 9.59 Å². The Kier molecular flexibility index (Phi) is 4.03. The number of hydrogen-bond acceptors (Lipinski definition) is 4. The lowest BCUT2D eigenvalue weighted by atomic mass is 9.54. The zero-order chi connectivity index (χ0) is 19.5. The molecule has 2 amide bonds. The van der Waals surface area contributed by atoms with Crippen LogP contribution in [0, 0.1) is 29.6 Å². The van der Waals surface area contributed by atoms with E-state index in [1.165, 1.54) is 32.1 Å². The summed E-state index contributed by atoms with van der Waals surface area (Å²) in [6.07, 6.45) is 6.83. The van der Waals surface area contributed by atoms with E-state index in [4.69, 9.17) is 9.47 Å². The van der Waals surface area contributed by atoms with Gasteiger partial charge in [0.15, 0.2) is 11.5 Å². The first-order valence-electron chi connectivity index (χ1n) is 11.1. The molecule has 2 heterocycles. The molecule has 4 bridgehead atoms. The Morgan fingerprint density at radius 2 is 1.66 bits per heavy atom. The smallest absolute Gasteiger partial charge is 0.227 e. The number of carbonyl (C=O) groups is 2. The molecule has 2 aliphatic heterocycles. The van der Waals surface area contributed by atoms with Crippen molar-refractivity contribution >= 4 is 17.5 Å². The molecule has 0 radical (unpaired) electrons. The second kappa shape index (κ2) is 6.64. The van der Waals surface area contributed by atoms with Gasteiger partial charge in [-0.2, -0.15) is 0 Å². The minimum absolute atomic E-state index is 0.00640. The van der Waals surface area contributed by atoms with Crippen molar-refractivity contribution in [3.63, 3.8) is 0 Å². The van der Waals surface area contributed by atoms with Crippen LogP contribution in [0.5, 0.6) is 11.5 Å². The molecule has 1 aromatic carbocycles.